The third-order valence-electron chi connectivity index (χ3n) is 5.87. The molecule has 0 saturated carbocycles. The van der Waals surface area contributed by atoms with E-state index in [2.05, 4.69) is 5.32 Å². The SMILES string of the molecule is Cc1cccc(C)c1NC(=O)CN1CCN(C(=O)c2cc3ccccc3cc2O)CC1. The molecule has 0 aromatic heterocycles. The van der Waals surface area contributed by atoms with E-state index in [-0.39, 0.29) is 24.1 Å². The molecule has 6 heteroatoms. The van der Waals surface area contributed by atoms with E-state index in [0.717, 1.165) is 27.6 Å². The Balaban J connectivity index is 1.36. The van der Waals surface area contributed by atoms with Crippen molar-refractivity contribution in [1.82, 2.24) is 9.80 Å². The number of piperazine rings is 1. The summed E-state index contributed by atoms with van der Waals surface area (Å²) in [5.41, 5.74) is 3.27. The fraction of sp³-hybridized carbons (Fsp3) is 0.280. The number of carbonyl (C=O) groups is 2. The number of nitrogens with zero attached hydrogens (tertiary/aromatic N) is 2. The summed E-state index contributed by atoms with van der Waals surface area (Å²) in [4.78, 5) is 29.3. The number of benzene rings is 3. The van der Waals surface area contributed by atoms with Crippen LogP contribution in [0.4, 0.5) is 5.69 Å². The molecular formula is C25H27N3O3. The van der Waals surface area contributed by atoms with Gasteiger partial charge in [0.2, 0.25) is 5.91 Å². The van der Waals surface area contributed by atoms with Crippen molar-refractivity contribution < 1.29 is 14.7 Å². The lowest BCUT2D eigenvalue weighted by molar-refractivity contribution is -0.117. The third-order valence-corrected chi connectivity index (χ3v) is 5.87. The molecule has 3 aromatic rings. The van der Waals surface area contributed by atoms with Crippen LogP contribution < -0.4 is 5.32 Å². The van der Waals surface area contributed by atoms with Gasteiger partial charge in [0.1, 0.15) is 5.75 Å². The molecule has 0 atom stereocenters. The molecule has 1 aliphatic heterocycles. The minimum absolute atomic E-state index is 0.000826. The van der Waals surface area contributed by atoms with Gasteiger partial charge in [0.25, 0.3) is 5.91 Å². The van der Waals surface area contributed by atoms with E-state index in [1.807, 2.05) is 61.2 Å². The van der Waals surface area contributed by atoms with E-state index < -0.39 is 0 Å². The second-order valence-electron chi connectivity index (χ2n) is 8.10. The Morgan fingerprint density at radius 2 is 1.52 bits per heavy atom. The van der Waals surface area contributed by atoms with Gasteiger partial charge in [-0.25, -0.2) is 0 Å². The number of hydrogen-bond donors (Lipinski definition) is 2. The van der Waals surface area contributed by atoms with Gasteiger partial charge in [0.05, 0.1) is 12.1 Å². The Bertz CT molecular complexity index is 1110. The zero-order chi connectivity index (χ0) is 22.0. The number of hydrogen-bond acceptors (Lipinski definition) is 4. The summed E-state index contributed by atoms with van der Waals surface area (Å²) < 4.78 is 0. The minimum atomic E-state index is -0.178. The topological polar surface area (TPSA) is 72.9 Å². The first kappa shape index (κ1) is 20.9. The Morgan fingerprint density at radius 3 is 2.16 bits per heavy atom. The van der Waals surface area contributed by atoms with Crippen LogP contribution in [0.5, 0.6) is 5.75 Å². The van der Waals surface area contributed by atoms with Gasteiger partial charge in [0, 0.05) is 31.9 Å². The number of rotatable bonds is 4. The van der Waals surface area contributed by atoms with Gasteiger partial charge in [-0.1, -0.05) is 42.5 Å². The monoisotopic (exact) mass is 417 g/mol. The van der Waals surface area contributed by atoms with Crippen LogP contribution >= 0.6 is 0 Å². The first-order chi connectivity index (χ1) is 14.9. The van der Waals surface area contributed by atoms with Crippen molar-refractivity contribution in [3.63, 3.8) is 0 Å². The summed E-state index contributed by atoms with van der Waals surface area (Å²) in [6, 6.07) is 17.0. The smallest absolute Gasteiger partial charge is 0.257 e. The number of aryl methyl sites for hydroxylation is 2. The Hall–Kier alpha value is -3.38. The highest BCUT2D eigenvalue weighted by Crippen LogP contribution is 2.26. The van der Waals surface area contributed by atoms with Gasteiger partial charge >= 0.3 is 0 Å². The molecule has 31 heavy (non-hydrogen) atoms. The molecule has 6 nitrogen and oxygen atoms in total. The Morgan fingerprint density at radius 1 is 0.903 bits per heavy atom. The molecule has 4 rings (SSSR count). The molecule has 1 aliphatic rings. The van der Waals surface area contributed by atoms with Crippen LogP contribution in [0.3, 0.4) is 0 Å². The first-order valence-corrected chi connectivity index (χ1v) is 10.5. The number of nitrogens with one attached hydrogen (secondary N) is 1. The number of anilines is 1. The third kappa shape index (κ3) is 4.54. The van der Waals surface area contributed by atoms with Crippen molar-refractivity contribution in [2.45, 2.75) is 13.8 Å². The molecule has 0 spiro atoms. The van der Waals surface area contributed by atoms with Crippen molar-refractivity contribution in [3.05, 3.63) is 71.3 Å². The summed E-state index contributed by atoms with van der Waals surface area (Å²) in [5.74, 6) is -0.230. The number of phenols is 1. The molecule has 160 valence electrons. The minimum Gasteiger partial charge on any atom is -0.507 e. The summed E-state index contributed by atoms with van der Waals surface area (Å²) >= 11 is 0. The zero-order valence-corrected chi connectivity index (χ0v) is 17.9. The lowest BCUT2D eigenvalue weighted by Gasteiger charge is -2.34. The molecule has 2 N–H and O–H groups in total. The van der Waals surface area contributed by atoms with Crippen molar-refractivity contribution in [3.8, 4) is 5.75 Å². The summed E-state index contributed by atoms with van der Waals surface area (Å²) in [7, 11) is 0. The maximum Gasteiger partial charge on any atom is 0.257 e. The lowest BCUT2D eigenvalue weighted by Crippen LogP contribution is -2.50. The number of carbonyl (C=O) groups excluding carboxylic acids is 2. The van der Waals surface area contributed by atoms with Crippen LogP contribution in [0.2, 0.25) is 0 Å². The van der Waals surface area contributed by atoms with E-state index in [0.29, 0.717) is 31.7 Å². The molecule has 0 aliphatic carbocycles. The van der Waals surface area contributed by atoms with Gasteiger partial charge in [-0.3, -0.25) is 14.5 Å². The second kappa shape index (κ2) is 8.78. The van der Waals surface area contributed by atoms with Gasteiger partial charge < -0.3 is 15.3 Å². The molecule has 1 heterocycles. The van der Waals surface area contributed by atoms with E-state index in [1.54, 1.807) is 17.0 Å². The first-order valence-electron chi connectivity index (χ1n) is 10.5. The summed E-state index contributed by atoms with van der Waals surface area (Å²) in [6.07, 6.45) is 0. The van der Waals surface area contributed by atoms with Crippen LogP contribution in [-0.2, 0) is 4.79 Å². The predicted octanol–water partition coefficient (Wildman–Crippen LogP) is 3.56. The van der Waals surface area contributed by atoms with Crippen LogP contribution in [0.25, 0.3) is 10.8 Å². The van der Waals surface area contributed by atoms with Crippen molar-refractivity contribution in [2.24, 2.45) is 0 Å². The van der Waals surface area contributed by atoms with Crippen LogP contribution in [0, 0.1) is 13.8 Å². The van der Waals surface area contributed by atoms with E-state index in [9.17, 15) is 14.7 Å². The van der Waals surface area contributed by atoms with Gasteiger partial charge in [-0.2, -0.15) is 0 Å². The molecule has 1 saturated heterocycles. The van der Waals surface area contributed by atoms with Crippen LogP contribution in [-0.4, -0.2) is 59.4 Å². The highest BCUT2D eigenvalue weighted by atomic mass is 16.3. The summed E-state index contributed by atoms with van der Waals surface area (Å²) in [6.45, 7) is 6.51. The van der Waals surface area contributed by atoms with Gasteiger partial charge in [-0.15, -0.1) is 0 Å². The standard InChI is InChI=1S/C25H27N3O3/c1-17-6-5-7-18(2)24(17)26-23(30)16-27-10-12-28(13-11-27)25(31)21-14-19-8-3-4-9-20(19)15-22(21)29/h3-9,14-15,29H,10-13,16H2,1-2H3,(H,26,30). The Labute approximate surface area is 182 Å². The fourth-order valence-electron chi connectivity index (χ4n) is 4.07. The fourth-order valence-corrected chi connectivity index (χ4v) is 4.07. The van der Waals surface area contributed by atoms with Crippen molar-refractivity contribution in [2.75, 3.05) is 38.0 Å². The van der Waals surface area contributed by atoms with Crippen LogP contribution in [0.1, 0.15) is 21.5 Å². The normalized spacial score (nSPS) is 14.6. The molecule has 3 aromatic carbocycles. The van der Waals surface area contributed by atoms with Crippen LogP contribution in [0.15, 0.2) is 54.6 Å². The average molecular weight is 418 g/mol. The number of aromatic hydroxyl groups is 1. The average Bonchev–Trinajstić information content (AvgIpc) is 2.76. The molecular weight excluding hydrogens is 390 g/mol. The predicted molar refractivity (Wildman–Crippen MR) is 123 cm³/mol. The maximum atomic E-state index is 13.0. The largest absolute Gasteiger partial charge is 0.507 e. The number of amides is 2. The molecule has 1 fully saturated rings. The molecule has 0 radical (unpaired) electrons. The molecule has 2 amide bonds. The highest BCUT2D eigenvalue weighted by molar-refractivity contribution is 6.01. The summed E-state index contributed by atoms with van der Waals surface area (Å²) in [5, 5.41) is 15.2. The second-order valence-corrected chi connectivity index (χ2v) is 8.10. The number of para-hydroxylation sites is 1. The zero-order valence-electron chi connectivity index (χ0n) is 17.9. The molecule has 0 unspecified atom stereocenters. The number of fused-ring (bicyclic) bond motifs is 1. The van der Waals surface area contributed by atoms with Gasteiger partial charge in [0.15, 0.2) is 0 Å². The maximum absolute atomic E-state index is 13.0. The van der Waals surface area contributed by atoms with Crippen molar-refractivity contribution in [1.29, 1.82) is 0 Å². The molecule has 0 bridgehead atoms. The lowest BCUT2D eigenvalue weighted by atomic mass is 10.0. The number of phenolic OH excluding ortho intramolecular Hbond substituents is 1. The van der Waals surface area contributed by atoms with E-state index in [4.69, 9.17) is 0 Å². The van der Waals surface area contributed by atoms with Gasteiger partial charge in [-0.05, 0) is 47.9 Å². The highest BCUT2D eigenvalue weighted by Gasteiger charge is 2.25. The quantitative estimate of drug-likeness (QED) is 0.681. The van der Waals surface area contributed by atoms with Crippen molar-refractivity contribution >= 4 is 28.3 Å². The van der Waals surface area contributed by atoms with E-state index in [1.165, 1.54) is 0 Å². The Kier molecular flexibility index (Phi) is 5.91. The van der Waals surface area contributed by atoms with E-state index >= 15 is 0 Å².